The van der Waals surface area contributed by atoms with Crippen LogP contribution >= 0.6 is 0 Å². The minimum absolute atomic E-state index is 0.0177. The summed E-state index contributed by atoms with van der Waals surface area (Å²) >= 11 is 0. The number of imide groups is 1. The maximum absolute atomic E-state index is 13.0. The molecule has 29 heavy (non-hydrogen) atoms. The van der Waals surface area contributed by atoms with Crippen LogP contribution in [0.2, 0.25) is 0 Å². The Morgan fingerprint density at radius 1 is 1.21 bits per heavy atom. The molecule has 4 heterocycles. The van der Waals surface area contributed by atoms with E-state index in [1.54, 1.807) is 32.3 Å². The van der Waals surface area contributed by atoms with E-state index in [4.69, 9.17) is 10.5 Å². The molecule has 0 aromatic carbocycles. The summed E-state index contributed by atoms with van der Waals surface area (Å²) in [7, 11) is 0. The molecule has 0 bridgehead atoms. The van der Waals surface area contributed by atoms with Gasteiger partial charge in [-0.15, -0.1) is 0 Å². The molecule has 156 valence electrons. The summed E-state index contributed by atoms with van der Waals surface area (Å²) in [6.07, 6.45) is -0.536. The average Bonchev–Trinajstić information content (AvgIpc) is 3.27. The van der Waals surface area contributed by atoms with Crippen LogP contribution in [-0.4, -0.2) is 60.4 Å². The molecule has 0 unspecified atom stereocenters. The van der Waals surface area contributed by atoms with Crippen molar-refractivity contribution < 1.29 is 24.5 Å². The number of rotatable bonds is 3. The highest BCUT2D eigenvalue weighted by atomic mass is 16.5. The van der Waals surface area contributed by atoms with Crippen LogP contribution in [0, 0.1) is 10.8 Å². The number of anilines is 2. The number of amides is 2. The molecule has 2 aliphatic rings. The van der Waals surface area contributed by atoms with Gasteiger partial charge in [0.15, 0.2) is 11.5 Å². The molecule has 11 heteroatoms. The fourth-order valence-corrected chi connectivity index (χ4v) is 3.65. The number of aliphatic hydroxyl groups is 2. The summed E-state index contributed by atoms with van der Waals surface area (Å²) < 4.78 is 7.22. The van der Waals surface area contributed by atoms with E-state index >= 15 is 0 Å². The molecule has 2 aliphatic heterocycles. The zero-order valence-corrected chi connectivity index (χ0v) is 16.7. The Labute approximate surface area is 166 Å². The van der Waals surface area contributed by atoms with Gasteiger partial charge in [-0.1, -0.05) is 0 Å². The van der Waals surface area contributed by atoms with Gasteiger partial charge < -0.3 is 20.7 Å². The Morgan fingerprint density at radius 2 is 1.83 bits per heavy atom. The third-order valence-corrected chi connectivity index (χ3v) is 6.37. The zero-order chi connectivity index (χ0) is 21.3. The number of hydrogen-bond acceptors (Lipinski definition) is 9. The predicted octanol–water partition coefficient (Wildman–Crippen LogP) is -0.0252. The van der Waals surface area contributed by atoms with E-state index in [9.17, 15) is 19.8 Å². The lowest BCUT2D eigenvalue weighted by molar-refractivity contribution is -0.129. The lowest BCUT2D eigenvalue weighted by Crippen LogP contribution is -2.35. The minimum Gasteiger partial charge on any atom is -0.394 e. The van der Waals surface area contributed by atoms with Gasteiger partial charge in [0.25, 0.3) is 0 Å². The number of aliphatic hydroxyl groups excluding tert-OH is 2. The van der Waals surface area contributed by atoms with Crippen LogP contribution in [-0.2, 0) is 14.3 Å². The van der Waals surface area contributed by atoms with Crippen molar-refractivity contribution >= 4 is 34.7 Å². The smallest absolute Gasteiger partial charge is 0.243 e. The van der Waals surface area contributed by atoms with Crippen LogP contribution in [0.25, 0.3) is 11.2 Å². The van der Waals surface area contributed by atoms with Crippen molar-refractivity contribution in [3.8, 4) is 0 Å². The topological polar surface area (TPSA) is 157 Å². The van der Waals surface area contributed by atoms with Crippen molar-refractivity contribution in [2.45, 2.75) is 52.6 Å². The van der Waals surface area contributed by atoms with Crippen molar-refractivity contribution in [2.24, 2.45) is 10.8 Å². The molecule has 4 N–H and O–H groups in total. The second-order valence-corrected chi connectivity index (χ2v) is 8.54. The molecule has 0 saturated carbocycles. The molecule has 3 atom stereocenters. The monoisotopic (exact) mass is 404 g/mol. The standard InChI is InChI=1S/C18H24N6O5/c1-17(2)14(27)24(15(28)18(17,3)4)16-21-12(19)11-13(22-16)23(7-20-11)10-5-8(26)9(6-25)29-10/h7-10,25-26H,5-6H2,1-4H3,(H2,19,21,22)/t8-,9+,10+/m0/s1. The summed E-state index contributed by atoms with van der Waals surface area (Å²) in [6.45, 7) is 6.52. The number of aromatic nitrogens is 4. The first-order valence-corrected chi connectivity index (χ1v) is 9.34. The maximum Gasteiger partial charge on any atom is 0.243 e. The third kappa shape index (κ3) is 2.57. The van der Waals surface area contributed by atoms with E-state index in [1.165, 1.54) is 6.33 Å². The van der Waals surface area contributed by atoms with Gasteiger partial charge in [0.05, 0.1) is 29.9 Å². The third-order valence-electron chi connectivity index (χ3n) is 6.37. The molecular formula is C18H24N6O5. The average molecular weight is 404 g/mol. The summed E-state index contributed by atoms with van der Waals surface area (Å²) in [5.41, 5.74) is 4.72. The molecular weight excluding hydrogens is 380 g/mol. The summed E-state index contributed by atoms with van der Waals surface area (Å²) in [5, 5.41) is 19.3. The number of nitrogens with zero attached hydrogens (tertiary/aromatic N) is 5. The number of hydrogen-bond donors (Lipinski definition) is 3. The van der Waals surface area contributed by atoms with Crippen LogP contribution in [0.15, 0.2) is 6.33 Å². The van der Waals surface area contributed by atoms with Gasteiger partial charge in [0, 0.05) is 6.42 Å². The van der Waals surface area contributed by atoms with Gasteiger partial charge in [-0.05, 0) is 27.7 Å². The summed E-state index contributed by atoms with van der Waals surface area (Å²) in [6, 6.07) is 0. The van der Waals surface area contributed by atoms with Gasteiger partial charge >= 0.3 is 0 Å². The highest BCUT2D eigenvalue weighted by Crippen LogP contribution is 2.48. The van der Waals surface area contributed by atoms with E-state index < -0.39 is 41.1 Å². The molecule has 0 spiro atoms. The molecule has 2 saturated heterocycles. The first-order chi connectivity index (χ1) is 13.5. The van der Waals surface area contributed by atoms with Crippen molar-refractivity contribution in [1.82, 2.24) is 19.5 Å². The number of nitrogen functional groups attached to an aromatic ring is 1. The van der Waals surface area contributed by atoms with Crippen molar-refractivity contribution in [1.29, 1.82) is 0 Å². The second-order valence-electron chi connectivity index (χ2n) is 8.54. The predicted molar refractivity (Wildman–Crippen MR) is 101 cm³/mol. The van der Waals surface area contributed by atoms with E-state index in [1.807, 2.05) is 0 Å². The number of ether oxygens (including phenoxy) is 1. The number of fused-ring (bicyclic) bond motifs is 1. The Morgan fingerprint density at radius 3 is 2.38 bits per heavy atom. The highest BCUT2D eigenvalue weighted by molar-refractivity contribution is 6.24. The lowest BCUT2D eigenvalue weighted by atomic mass is 9.70. The normalized spacial score (nSPS) is 28.6. The Balaban J connectivity index is 1.81. The Hall–Kier alpha value is -2.63. The van der Waals surface area contributed by atoms with Crippen molar-refractivity contribution in [2.75, 3.05) is 17.2 Å². The number of imidazole rings is 1. The molecule has 0 radical (unpaired) electrons. The lowest BCUT2D eigenvalue weighted by Gasteiger charge is -2.28. The van der Waals surface area contributed by atoms with E-state index in [2.05, 4.69) is 15.0 Å². The largest absolute Gasteiger partial charge is 0.394 e. The summed E-state index contributed by atoms with van der Waals surface area (Å²) in [4.78, 5) is 39.7. The van der Waals surface area contributed by atoms with Crippen LogP contribution in [0.3, 0.4) is 0 Å². The fourth-order valence-electron chi connectivity index (χ4n) is 3.65. The summed E-state index contributed by atoms with van der Waals surface area (Å²) in [5.74, 6) is -0.929. The Kier molecular flexibility index (Phi) is 4.19. The van der Waals surface area contributed by atoms with Gasteiger partial charge in [0.1, 0.15) is 17.8 Å². The van der Waals surface area contributed by atoms with Gasteiger partial charge in [-0.3, -0.25) is 14.2 Å². The molecule has 2 aromatic heterocycles. The van der Waals surface area contributed by atoms with Gasteiger partial charge in [-0.25, -0.2) is 9.88 Å². The van der Waals surface area contributed by atoms with Crippen molar-refractivity contribution in [3.05, 3.63) is 6.33 Å². The molecule has 2 aromatic rings. The maximum atomic E-state index is 13.0. The van der Waals surface area contributed by atoms with E-state index in [-0.39, 0.29) is 36.0 Å². The van der Waals surface area contributed by atoms with Crippen LogP contribution < -0.4 is 10.6 Å². The van der Waals surface area contributed by atoms with Crippen LogP contribution in [0.5, 0.6) is 0 Å². The second kappa shape index (κ2) is 6.18. The minimum atomic E-state index is -0.940. The first-order valence-electron chi connectivity index (χ1n) is 9.34. The van der Waals surface area contributed by atoms with Gasteiger partial charge in [-0.2, -0.15) is 9.97 Å². The number of nitrogens with two attached hydrogens (primary N) is 1. The quantitative estimate of drug-likeness (QED) is 0.598. The van der Waals surface area contributed by atoms with Crippen molar-refractivity contribution in [3.63, 3.8) is 0 Å². The SMILES string of the molecule is CC1(C)C(=O)N(c2nc(N)c3ncn([C@H]4C[C@H](O)[C@@H](CO)O4)c3n2)C(=O)C1(C)C. The molecule has 4 rings (SSSR count). The Bertz CT molecular complexity index is 990. The number of carbonyl (C=O) groups is 2. The molecule has 11 nitrogen and oxygen atoms in total. The van der Waals surface area contributed by atoms with Crippen LogP contribution in [0.1, 0.15) is 40.3 Å². The molecule has 2 fully saturated rings. The molecule has 2 amide bonds. The van der Waals surface area contributed by atoms with Gasteiger partial charge in [0.2, 0.25) is 17.8 Å². The number of carbonyl (C=O) groups excluding carboxylic acids is 2. The highest BCUT2D eigenvalue weighted by Gasteiger charge is 2.60. The fraction of sp³-hybridized carbons (Fsp3) is 0.611. The van der Waals surface area contributed by atoms with Crippen LogP contribution in [0.4, 0.5) is 11.8 Å². The van der Waals surface area contributed by atoms with E-state index in [0.717, 1.165) is 4.90 Å². The van der Waals surface area contributed by atoms with E-state index in [0.29, 0.717) is 0 Å². The molecule has 0 aliphatic carbocycles. The zero-order valence-electron chi connectivity index (χ0n) is 16.7. The first kappa shape index (κ1) is 19.7.